The molecule has 7 heteroatoms. The Labute approximate surface area is 188 Å². The summed E-state index contributed by atoms with van der Waals surface area (Å²) in [6.45, 7) is 3.35. The van der Waals surface area contributed by atoms with Crippen LogP contribution in [0, 0.1) is 19.7 Å². The average Bonchev–Trinajstić information content (AvgIpc) is 3.05. The van der Waals surface area contributed by atoms with Gasteiger partial charge in [0.2, 0.25) is 5.78 Å². The molecule has 1 heterocycles. The van der Waals surface area contributed by atoms with E-state index < -0.39 is 18.4 Å². The van der Waals surface area contributed by atoms with Crippen LogP contribution in [0.1, 0.15) is 44.9 Å². The van der Waals surface area contributed by atoms with Gasteiger partial charge in [-0.3, -0.25) is 14.4 Å². The van der Waals surface area contributed by atoms with Gasteiger partial charge in [-0.1, -0.05) is 15.9 Å². The van der Waals surface area contributed by atoms with E-state index in [0.29, 0.717) is 11.1 Å². The van der Waals surface area contributed by atoms with Crippen LogP contribution in [0.15, 0.2) is 59.1 Å². The number of esters is 1. The SMILES string of the molecule is Cc1cc(C(=O)COC(=O)CCC(=O)c2ccc(F)cc2)c(C)n1-c1ccc(Br)cc1. The summed E-state index contributed by atoms with van der Waals surface area (Å²) in [7, 11) is 0. The Bertz CT molecular complexity index is 1120. The summed E-state index contributed by atoms with van der Waals surface area (Å²) in [4.78, 5) is 36.7. The van der Waals surface area contributed by atoms with Crippen LogP contribution in [0.4, 0.5) is 4.39 Å². The monoisotopic (exact) mass is 485 g/mol. The number of hydrogen-bond donors (Lipinski definition) is 0. The molecular weight excluding hydrogens is 465 g/mol. The smallest absolute Gasteiger partial charge is 0.306 e. The van der Waals surface area contributed by atoms with Crippen LogP contribution in [-0.4, -0.2) is 28.7 Å². The van der Waals surface area contributed by atoms with Crippen molar-refractivity contribution in [2.24, 2.45) is 0 Å². The fourth-order valence-electron chi connectivity index (χ4n) is 3.32. The van der Waals surface area contributed by atoms with Gasteiger partial charge in [0.1, 0.15) is 5.82 Å². The molecule has 5 nitrogen and oxygen atoms in total. The van der Waals surface area contributed by atoms with Crippen molar-refractivity contribution in [1.29, 1.82) is 0 Å². The Morgan fingerprint density at radius 2 is 1.58 bits per heavy atom. The molecule has 0 N–H and O–H groups in total. The molecule has 3 aromatic rings. The van der Waals surface area contributed by atoms with Gasteiger partial charge >= 0.3 is 5.97 Å². The Morgan fingerprint density at radius 1 is 0.935 bits per heavy atom. The second-order valence-electron chi connectivity index (χ2n) is 7.11. The second-order valence-corrected chi connectivity index (χ2v) is 8.03. The molecule has 0 bridgehead atoms. The van der Waals surface area contributed by atoms with Gasteiger partial charge in [-0.2, -0.15) is 0 Å². The first-order valence-corrected chi connectivity index (χ1v) is 10.5. The fraction of sp³-hybridized carbons (Fsp3) is 0.208. The van der Waals surface area contributed by atoms with E-state index in [-0.39, 0.29) is 24.4 Å². The lowest BCUT2D eigenvalue weighted by Crippen LogP contribution is -2.15. The lowest BCUT2D eigenvalue weighted by Gasteiger charge is -2.10. The number of benzene rings is 2. The number of ether oxygens (including phenoxy) is 1. The third-order valence-corrected chi connectivity index (χ3v) is 5.43. The van der Waals surface area contributed by atoms with Gasteiger partial charge in [0.15, 0.2) is 12.4 Å². The zero-order chi connectivity index (χ0) is 22.5. The summed E-state index contributed by atoms with van der Waals surface area (Å²) in [6.07, 6.45) is -0.224. The van der Waals surface area contributed by atoms with Crippen molar-refractivity contribution in [3.63, 3.8) is 0 Å². The van der Waals surface area contributed by atoms with E-state index in [0.717, 1.165) is 21.5 Å². The molecule has 3 rings (SSSR count). The lowest BCUT2D eigenvalue weighted by atomic mass is 10.1. The molecule has 0 aliphatic carbocycles. The molecule has 0 atom stereocenters. The zero-order valence-corrected chi connectivity index (χ0v) is 18.7. The third kappa shape index (κ3) is 5.55. The van der Waals surface area contributed by atoms with Crippen LogP contribution in [0.3, 0.4) is 0 Å². The number of rotatable bonds is 8. The number of carbonyl (C=O) groups is 3. The highest BCUT2D eigenvalue weighted by atomic mass is 79.9. The summed E-state index contributed by atoms with van der Waals surface area (Å²) in [5.41, 5.74) is 3.38. The largest absolute Gasteiger partial charge is 0.457 e. The quantitative estimate of drug-likeness (QED) is 0.317. The Kier molecular flexibility index (Phi) is 7.17. The number of carbonyl (C=O) groups excluding carboxylic acids is 3. The third-order valence-electron chi connectivity index (χ3n) is 4.90. The van der Waals surface area contributed by atoms with Gasteiger partial charge in [0, 0.05) is 39.1 Å². The molecule has 1 aromatic heterocycles. The first-order chi connectivity index (χ1) is 14.8. The van der Waals surface area contributed by atoms with Crippen molar-refractivity contribution in [2.45, 2.75) is 26.7 Å². The fourth-order valence-corrected chi connectivity index (χ4v) is 3.59. The van der Waals surface area contributed by atoms with Crippen molar-refractivity contribution < 1.29 is 23.5 Å². The average molecular weight is 486 g/mol. The van der Waals surface area contributed by atoms with E-state index in [1.54, 1.807) is 6.07 Å². The molecule has 0 unspecified atom stereocenters. The maximum absolute atomic E-state index is 12.9. The van der Waals surface area contributed by atoms with Gasteiger partial charge in [-0.25, -0.2) is 4.39 Å². The highest BCUT2D eigenvalue weighted by Crippen LogP contribution is 2.23. The molecule has 160 valence electrons. The normalized spacial score (nSPS) is 10.7. The number of halogens is 2. The summed E-state index contributed by atoms with van der Waals surface area (Å²) >= 11 is 3.41. The highest BCUT2D eigenvalue weighted by molar-refractivity contribution is 9.10. The molecule has 0 aliphatic heterocycles. The number of nitrogens with zero attached hydrogens (tertiary/aromatic N) is 1. The van der Waals surface area contributed by atoms with Crippen molar-refractivity contribution in [3.05, 3.63) is 87.4 Å². The van der Waals surface area contributed by atoms with E-state index >= 15 is 0 Å². The summed E-state index contributed by atoms with van der Waals surface area (Å²) in [5.74, 6) is -1.67. The first-order valence-electron chi connectivity index (χ1n) is 9.68. The number of hydrogen-bond acceptors (Lipinski definition) is 4. The molecule has 0 fully saturated rings. The summed E-state index contributed by atoms with van der Waals surface area (Å²) in [6, 6.07) is 14.6. The number of ketones is 2. The maximum atomic E-state index is 12.9. The molecule has 0 spiro atoms. The number of aromatic nitrogens is 1. The van der Waals surface area contributed by atoms with E-state index in [1.165, 1.54) is 24.3 Å². The van der Waals surface area contributed by atoms with Crippen LogP contribution in [0.2, 0.25) is 0 Å². The van der Waals surface area contributed by atoms with Gasteiger partial charge in [0.25, 0.3) is 0 Å². The number of aryl methyl sites for hydroxylation is 1. The highest BCUT2D eigenvalue weighted by Gasteiger charge is 2.18. The summed E-state index contributed by atoms with van der Waals surface area (Å²) < 4.78 is 20.9. The molecule has 0 radical (unpaired) electrons. The number of Topliss-reactive ketones (excluding diaryl/α,β-unsaturated/α-hetero) is 2. The molecule has 2 aromatic carbocycles. The molecule has 0 saturated heterocycles. The second kappa shape index (κ2) is 9.83. The Morgan fingerprint density at radius 3 is 2.23 bits per heavy atom. The standard InChI is InChI=1S/C24H21BrFNO4/c1-15-13-21(16(2)27(15)20-9-5-18(25)6-10-20)23(29)14-31-24(30)12-11-22(28)17-3-7-19(26)8-4-17/h3-10,13H,11-12,14H2,1-2H3. The van der Waals surface area contributed by atoms with Crippen molar-refractivity contribution in [2.75, 3.05) is 6.61 Å². The minimum atomic E-state index is -0.634. The van der Waals surface area contributed by atoms with E-state index in [9.17, 15) is 18.8 Å². The molecule has 0 saturated carbocycles. The molecule has 0 amide bonds. The molecule has 31 heavy (non-hydrogen) atoms. The van der Waals surface area contributed by atoms with Crippen LogP contribution in [0.5, 0.6) is 0 Å². The minimum absolute atomic E-state index is 0.0727. The van der Waals surface area contributed by atoms with Gasteiger partial charge in [-0.05, 0) is 68.4 Å². The van der Waals surface area contributed by atoms with Crippen LogP contribution < -0.4 is 0 Å². The molecular formula is C24H21BrFNO4. The Balaban J connectivity index is 1.57. The topological polar surface area (TPSA) is 65.4 Å². The van der Waals surface area contributed by atoms with E-state index in [4.69, 9.17) is 4.74 Å². The minimum Gasteiger partial charge on any atom is -0.457 e. The van der Waals surface area contributed by atoms with Crippen LogP contribution in [-0.2, 0) is 9.53 Å². The van der Waals surface area contributed by atoms with E-state index in [1.807, 2.05) is 42.7 Å². The van der Waals surface area contributed by atoms with Gasteiger partial charge in [0.05, 0.1) is 6.42 Å². The van der Waals surface area contributed by atoms with Crippen molar-refractivity contribution in [1.82, 2.24) is 4.57 Å². The van der Waals surface area contributed by atoms with Crippen molar-refractivity contribution >= 4 is 33.5 Å². The van der Waals surface area contributed by atoms with Crippen LogP contribution >= 0.6 is 15.9 Å². The predicted molar refractivity (Wildman–Crippen MR) is 118 cm³/mol. The predicted octanol–water partition coefficient (Wildman–Crippen LogP) is 5.38. The van der Waals surface area contributed by atoms with Gasteiger partial charge in [-0.15, -0.1) is 0 Å². The maximum Gasteiger partial charge on any atom is 0.306 e. The van der Waals surface area contributed by atoms with Crippen LogP contribution in [0.25, 0.3) is 5.69 Å². The molecule has 0 aliphatic rings. The summed E-state index contributed by atoms with van der Waals surface area (Å²) in [5, 5.41) is 0. The van der Waals surface area contributed by atoms with Crippen molar-refractivity contribution in [3.8, 4) is 5.69 Å². The zero-order valence-electron chi connectivity index (χ0n) is 17.2. The lowest BCUT2D eigenvalue weighted by molar-refractivity contribution is -0.142. The first kappa shape index (κ1) is 22.6. The Hall–Kier alpha value is -3.06. The van der Waals surface area contributed by atoms with E-state index in [2.05, 4.69) is 15.9 Å². The van der Waals surface area contributed by atoms with Gasteiger partial charge < -0.3 is 9.30 Å².